The van der Waals surface area contributed by atoms with Crippen LogP contribution >= 0.6 is 7.37 Å². The van der Waals surface area contributed by atoms with Gasteiger partial charge in [-0.3, -0.25) is 4.57 Å². The van der Waals surface area contributed by atoms with Gasteiger partial charge in [0.1, 0.15) is 11.5 Å². The van der Waals surface area contributed by atoms with Crippen molar-refractivity contribution in [2.24, 2.45) is 0 Å². The van der Waals surface area contributed by atoms with Gasteiger partial charge in [-0.1, -0.05) is 0 Å². The van der Waals surface area contributed by atoms with Crippen molar-refractivity contribution in [2.45, 2.75) is 47.3 Å². The molecular weight excluding hydrogens is 415 g/mol. The summed E-state index contributed by atoms with van der Waals surface area (Å²) in [6, 6.07) is 0. The van der Waals surface area contributed by atoms with E-state index in [1.807, 2.05) is 19.6 Å². The summed E-state index contributed by atoms with van der Waals surface area (Å²) in [6.45, 7) is 13.6. The van der Waals surface area contributed by atoms with E-state index in [0.29, 0.717) is 0 Å². The first kappa shape index (κ1) is 27.4. The van der Waals surface area contributed by atoms with Crippen LogP contribution in [0.15, 0.2) is 23.7 Å². The van der Waals surface area contributed by atoms with Crippen LogP contribution < -0.4 is 0 Å². The van der Waals surface area contributed by atoms with Crippen molar-refractivity contribution in [3.8, 4) is 0 Å². The Labute approximate surface area is 175 Å². The summed E-state index contributed by atoms with van der Waals surface area (Å²) in [6.07, 6.45) is 2.14. The molecule has 0 saturated carbocycles. The fourth-order valence-electron chi connectivity index (χ4n) is 2.36. The van der Waals surface area contributed by atoms with Crippen LogP contribution in [0.1, 0.15) is 27.7 Å². The molecule has 168 valence electrons. The van der Waals surface area contributed by atoms with E-state index in [9.17, 15) is 14.2 Å². The summed E-state index contributed by atoms with van der Waals surface area (Å²) < 4.78 is 40.6. The third-order valence-corrected chi connectivity index (χ3v) is 8.13. The van der Waals surface area contributed by atoms with E-state index >= 15 is 0 Å². The predicted molar refractivity (Wildman–Crippen MR) is 114 cm³/mol. The molecule has 0 aromatic carbocycles. The van der Waals surface area contributed by atoms with Crippen LogP contribution in [-0.2, 0) is 37.3 Å². The average molecular weight is 451 g/mol. The molecule has 0 aliphatic heterocycles. The Hall–Kier alpha value is -1.57. The summed E-state index contributed by atoms with van der Waals surface area (Å²) in [5, 5.41) is 0. The molecule has 0 spiro atoms. The van der Waals surface area contributed by atoms with E-state index in [1.54, 1.807) is 27.7 Å². The minimum absolute atomic E-state index is 0.114. The molecule has 8 nitrogen and oxygen atoms in total. The number of allylic oxidation sites excluding steroid dienone is 2. The standard InChI is InChI=1S/C19H35O8PSi/c1-8-23-16(12-18(20)25-10-3)14-28(22,27-29(5,6)7)15-17(24-9-2)13-19(21)26-11-4/h12-13H,8-11,14-15H2,1-7H3/b16-12-,17-13-. The fraction of sp³-hybridized carbons (Fsp3) is 0.684. The highest BCUT2D eigenvalue weighted by molar-refractivity contribution is 7.60. The van der Waals surface area contributed by atoms with Crippen molar-refractivity contribution in [3.05, 3.63) is 23.7 Å². The molecule has 0 N–H and O–H groups in total. The monoisotopic (exact) mass is 450 g/mol. The predicted octanol–water partition coefficient (Wildman–Crippen LogP) is 4.08. The van der Waals surface area contributed by atoms with E-state index in [1.165, 1.54) is 12.2 Å². The van der Waals surface area contributed by atoms with Crippen molar-refractivity contribution in [1.82, 2.24) is 0 Å². The second kappa shape index (κ2) is 13.6. The zero-order chi connectivity index (χ0) is 22.5. The maximum absolute atomic E-state index is 13.7. The second-order valence-electron chi connectivity index (χ2n) is 6.93. The molecule has 0 rings (SSSR count). The van der Waals surface area contributed by atoms with Crippen molar-refractivity contribution >= 4 is 27.6 Å². The van der Waals surface area contributed by atoms with E-state index in [2.05, 4.69) is 0 Å². The number of esters is 2. The second-order valence-corrected chi connectivity index (χ2v) is 14.1. The van der Waals surface area contributed by atoms with Gasteiger partial charge in [-0.05, 0) is 47.3 Å². The van der Waals surface area contributed by atoms with Gasteiger partial charge in [-0.15, -0.1) is 0 Å². The number of hydrogen-bond donors (Lipinski definition) is 0. The summed E-state index contributed by atoms with van der Waals surface area (Å²) >= 11 is 0. The average Bonchev–Trinajstić information content (AvgIpc) is 2.53. The molecular formula is C19H35O8PSi. The Morgan fingerprint density at radius 3 is 1.34 bits per heavy atom. The van der Waals surface area contributed by atoms with Gasteiger partial charge in [0.15, 0.2) is 8.32 Å². The maximum Gasteiger partial charge on any atom is 0.334 e. The van der Waals surface area contributed by atoms with Gasteiger partial charge in [0, 0.05) is 0 Å². The quantitative estimate of drug-likeness (QED) is 0.128. The van der Waals surface area contributed by atoms with E-state index in [0.717, 1.165) is 0 Å². The van der Waals surface area contributed by atoms with E-state index < -0.39 is 27.6 Å². The lowest BCUT2D eigenvalue weighted by atomic mass is 10.4. The largest absolute Gasteiger partial charge is 0.497 e. The number of rotatable bonds is 14. The normalized spacial score (nSPS) is 13.1. The minimum Gasteiger partial charge on any atom is -0.497 e. The Morgan fingerprint density at radius 2 is 1.07 bits per heavy atom. The molecule has 0 unspecified atom stereocenters. The van der Waals surface area contributed by atoms with Gasteiger partial charge < -0.3 is 23.2 Å². The molecule has 0 bridgehead atoms. The van der Waals surface area contributed by atoms with Crippen molar-refractivity contribution in [3.63, 3.8) is 0 Å². The number of carbonyl (C=O) groups excluding carboxylic acids is 2. The van der Waals surface area contributed by atoms with Gasteiger partial charge in [0.05, 0.1) is 50.9 Å². The fourth-order valence-corrected chi connectivity index (χ4v) is 8.30. The molecule has 0 aromatic heterocycles. The molecule has 0 saturated heterocycles. The Bertz CT molecular complexity index is 593. The topological polar surface area (TPSA) is 97.4 Å². The highest BCUT2D eigenvalue weighted by Crippen LogP contribution is 2.52. The summed E-state index contributed by atoms with van der Waals surface area (Å²) in [5.41, 5.74) is 0. The number of hydrogen-bond acceptors (Lipinski definition) is 8. The first-order valence-corrected chi connectivity index (χ1v) is 15.2. The molecule has 0 aliphatic carbocycles. The van der Waals surface area contributed by atoms with Crippen LogP contribution in [0.4, 0.5) is 0 Å². The van der Waals surface area contributed by atoms with E-state index in [4.69, 9.17) is 23.2 Å². The van der Waals surface area contributed by atoms with Crippen LogP contribution in [-0.4, -0.2) is 59.0 Å². The zero-order valence-corrected chi connectivity index (χ0v) is 20.5. The van der Waals surface area contributed by atoms with Gasteiger partial charge in [-0.2, -0.15) is 0 Å². The molecule has 0 radical (unpaired) electrons. The minimum atomic E-state index is -3.40. The molecule has 0 fully saturated rings. The third kappa shape index (κ3) is 13.3. The summed E-state index contributed by atoms with van der Waals surface area (Å²) in [7, 11) is -5.65. The number of ether oxygens (including phenoxy) is 4. The van der Waals surface area contributed by atoms with Gasteiger partial charge in [0.2, 0.25) is 7.37 Å². The highest BCUT2D eigenvalue weighted by Gasteiger charge is 2.34. The van der Waals surface area contributed by atoms with Crippen LogP contribution in [0.2, 0.25) is 19.6 Å². The summed E-state index contributed by atoms with van der Waals surface area (Å²) in [4.78, 5) is 23.7. The summed E-state index contributed by atoms with van der Waals surface area (Å²) in [5.74, 6) is -0.746. The molecule has 29 heavy (non-hydrogen) atoms. The molecule has 0 aliphatic rings. The highest BCUT2D eigenvalue weighted by atomic mass is 31.2. The Balaban J connectivity index is 5.86. The molecule has 0 atom stereocenters. The van der Waals surface area contributed by atoms with Gasteiger partial charge in [-0.25, -0.2) is 9.59 Å². The molecule has 0 amide bonds. The van der Waals surface area contributed by atoms with Crippen LogP contribution in [0.3, 0.4) is 0 Å². The molecule has 10 heteroatoms. The first-order valence-electron chi connectivity index (χ1n) is 9.77. The lowest BCUT2D eigenvalue weighted by Gasteiger charge is -2.28. The lowest BCUT2D eigenvalue weighted by Crippen LogP contribution is -2.26. The maximum atomic E-state index is 13.7. The zero-order valence-electron chi connectivity index (χ0n) is 18.6. The van der Waals surface area contributed by atoms with Crippen LogP contribution in [0.5, 0.6) is 0 Å². The van der Waals surface area contributed by atoms with Crippen molar-refractivity contribution in [1.29, 1.82) is 0 Å². The van der Waals surface area contributed by atoms with Gasteiger partial charge in [0.25, 0.3) is 0 Å². The van der Waals surface area contributed by atoms with Gasteiger partial charge >= 0.3 is 11.9 Å². The van der Waals surface area contributed by atoms with Crippen LogP contribution in [0, 0.1) is 0 Å². The van der Waals surface area contributed by atoms with Crippen LogP contribution in [0.25, 0.3) is 0 Å². The SMILES string of the molecule is CCOC(=O)/C=C(/CP(=O)(C/C(=C/C(=O)OCC)OCC)O[Si](C)(C)C)OCC. The van der Waals surface area contributed by atoms with E-state index in [-0.39, 0.29) is 50.3 Å². The molecule has 0 aromatic rings. The number of carbonyl (C=O) groups is 2. The Kier molecular flexibility index (Phi) is 12.9. The van der Waals surface area contributed by atoms with Crippen molar-refractivity contribution in [2.75, 3.05) is 38.8 Å². The molecule has 0 heterocycles. The third-order valence-electron chi connectivity index (χ3n) is 3.02. The smallest absolute Gasteiger partial charge is 0.334 e. The lowest BCUT2D eigenvalue weighted by molar-refractivity contribution is -0.138. The van der Waals surface area contributed by atoms with Crippen molar-refractivity contribution < 1.29 is 37.3 Å². The first-order chi connectivity index (χ1) is 13.5. The Morgan fingerprint density at radius 1 is 0.724 bits per heavy atom.